The van der Waals surface area contributed by atoms with Gasteiger partial charge in [-0.2, -0.15) is 0 Å². The zero-order valence-corrected chi connectivity index (χ0v) is 4.48. The van der Waals surface area contributed by atoms with Crippen LogP contribution in [-0.2, 0) is 0 Å². The summed E-state index contributed by atoms with van der Waals surface area (Å²) in [7, 11) is 0. The summed E-state index contributed by atoms with van der Waals surface area (Å²) >= 11 is 0. The van der Waals surface area contributed by atoms with E-state index in [9.17, 15) is 4.91 Å². The second-order valence-corrected chi connectivity index (χ2v) is 1.38. The van der Waals surface area contributed by atoms with E-state index in [1.54, 1.807) is 0 Å². The number of nitrogen functional groups attached to an aromatic ring is 1. The van der Waals surface area contributed by atoms with Crippen molar-refractivity contribution < 1.29 is 0 Å². The molecule has 1 aromatic heterocycles. The lowest BCUT2D eigenvalue weighted by atomic mass is 10.5. The van der Waals surface area contributed by atoms with Crippen molar-refractivity contribution in [3.05, 3.63) is 17.4 Å². The van der Waals surface area contributed by atoms with Gasteiger partial charge in [-0.1, -0.05) is 0 Å². The Balaban J connectivity index is 3.15. The zero-order chi connectivity index (χ0) is 6.69. The molecule has 0 bridgehead atoms. The van der Waals surface area contributed by atoms with Crippen LogP contribution in [0.4, 0.5) is 11.5 Å². The quantitative estimate of drug-likeness (QED) is 0.551. The molecule has 46 valence electrons. The van der Waals surface area contributed by atoms with Crippen LogP contribution in [-0.4, -0.2) is 9.97 Å². The molecule has 9 heavy (non-hydrogen) atoms. The van der Waals surface area contributed by atoms with Gasteiger partial charge in [-0.05, 0) is 5.18 Å². The zero-order valence-electron chi connectivity index (χ0n) is 4.48. The Bertz CT molecular complexity index is 224. The fourth-order valence-electron chi connectivity index (χ4n) is 0.402. The maximum absolute atomic E-state index is 9.82. The van der Waals surface area contributed by atoms with Gasteiger partial charge in [-0.15, -0.1) is 4.91 Å². The molecule has 0 amide bonds. The van der Waals surface area contributed by atoms with Gasteiger partial charge in [0.05, 0.1) is 6.20 Å². The first-order valence-electron chi connectivity index (χ1n) is 2.23. The molecule has 0 aliphatic heterocycles. The minimum atomic E-state index is 0.0810. The molecular formula is C4H4N4O. The third-order valence-electron chi connectivity index (χ3n) is 0.821. The number of hydrogen-bond donors (Lipinski definition) is 1. The number of nitrogens with two attached hydrogens (primary N) is 1. The van der Waals surface area contributed by atoms with Crippen molar-refractivity contribution in [1.82, 2.24) is 9.97 Å². The van der Waals surface area contributed by atoms with Crippen LogP contribution in [0.1, 0.15) is 0 Å². The van der Waals surface area contributed by atoms with Crippen molar-refractivity contribution in [3.8, 4) is 0 Å². The summed E-state index contributed by atoms with van der Waals surface area (Å²) in [5, 5.41) is 2.57. The van der Waals surface area contributed by atoms with Gasteiger partial charge in [-0.25, -0.2) is 9.97 Å². The monoisotopic (exact) mass is 124 g/mol. The predicted octanol–water partition coefficient (Wildman–Crippen LogP) is 0.457. The molecule has 0 aromatic carbocycles. The highest BCUT2D eigenvalue weighted by molar-refractivity contribution is 5.54. The lowest BCUT2D eigenvalue weighted by Gasteiger charge is -1.89. The summed E-state index contributed by atoms with van der Waals surface area (Å²) in [6.07, 6.45) is 2.51. The molecule has 0 aliphatic rings. The molecule has 0 saturated heterocycles. The second kappa shape index (κ2) is 2.17. The summed E-state index contributed by atoms with van der Waals surface area (Å²) in [5.41, 5.74) is 5.27. The van der Waals surface area contributed by atoms with Gasteiger partial charge in [0.2, 0.25) is 0 Å². The molecule has 0 aliphatic carbocycles. The van der Waals surface area contributed by atoms with E-state index in [4.69, 9.17) is 5.73 Å². The molecule has 0 atom stereocenters. The third kappa shape index (κ3) is 0.987. The Morgan fingerprint density at radius 1 is 1.67 bits per heavy atom. The molecular weight excluding hydrogens is 120 g/mol. The topological polar surface area (TPSA) is 81.2 Å². The minimum absolute atomic E-state index is 0.0810. The second-order valence-electron chi connectivity index (χ2n) is 1.38. The van der Waals surface area contributed by atoms with Crippen LogP contribution < -0.4 is 5.73 Å². The molecule has 0 fully saturated rings. The van der Waals surface area contributed by atoms with Crippen molar-refractivity contribution in [3.63, 3.8) is 0 Å². The molecule has 0 radical (unpaired) electrons. The first-order chi connectivity index (χ1) is 4.34. The highest BCUT2D eigenvalue weighted by Crippen LogP contribution is 2.14. The van der Waals surface area contributed by atoms with Crippen LogP contribution in [0.3, 0.4) is 0 Å². The first kappa shape index (κ1) is 5.61. The summed E-state index contributed by atoms with van der Waals surface area (Å²) < 4.78 is 0. The molecule has 5 nitrogen and oxygen atoms in total. The molecule has 2 N–H and O–H groups in total. The van der Waals surface area contributed by atoms with Gasteiger partial charge in [0.25, 0.3) is 0 Å². The fraction of sp³-hybridized carbons (Fsp3) is 0. The predicted molar refractivity (Wildman–Crippen MR) is 31.9 cm³/mol. The first-order valence-corrected chi connectivity index (χ1v) is 2.23. The third-order valence-corrected chi connectivity index (χ3v) is 0.821. The van der Waals surface area contributed by atoms with Crippen molar-refractivity contribution in [2.75, 3.05) is 5.73 Å². The van der Waals surface area contributed by atoms with E-state index < -0.39 is 0 Å². The van der Waals surface area contributed by atoms with Crippen molar-refractivity contribution in [2.24, 2.45) is 5.18 Å². The number of nitroso groups, excluding NO2 is 1. The van der Waals surface area contributed by atoms with E-state index in [0.717, 1.165) is 0 Å². The molecule has 0 unspecified atom stereocenters. The van der Waals surface area contributed by atoms with Crippen LogP contribution in [0, 0.1) is 4.91 Å². The maximum atomic E-state index is 9.82. The van der Waals surface area contributed by atoms with E-state index in [0.29, 0.717) is 0 Å². The molecule has 0 saturated carbocycles. The van der Waals surface area contributed by atoms with Gasteiger partial charge in [-0.3, -0.25) is 0 Å². The molecule has 1 rings (SSSR count). The normalized spacial score (nSPS) is 8.89. The Hall–Kier alpha value is -1.52. The Morgan fingerprint density at radius 2 is 2.44 bits per heavy atom. The summed E-state index contributed by atoms with van der Waals surface area (Å²) in [5.74, 6) is 0.111. The Labute approximate surface area is 50.9 Å². The lowest BCUT2D eigenvalue weighted by Crippen LogP contribution is -1.89. The smallest absolute Gasteiger partial charge is 0.168 e. The molecule has 5 heteroatoms. The highest BCUT2D eigenvalue weighted by Gasteiger charge is 1.95. The average molecular weight is 124 g/mol. The molecule has 1 aromatic rings. The van der Waals surface area contributed by atoms with Gasteiger partial charge in [0.15, 0.2) is 11.5 Å². The van der Waals surface area contributed by atoms with E-state index in [1.807, 2.05) is 0 Å². The van der Waals surface area contributed by atoms with E-state index in [2.05, 4.69) is 15.1 Å². The SMILES string of the molecule is Nc1ncncc1N=O. The van der Waals surface area contributed by atoms with Crippen molar-refractivity contribution in [1.29, 1.82) is 0 Å². The average Bonchev–Trinajstić information content (AvgIpc) is 1.89. The van der Waals surface area contributed by atoms with Crippen LogP contribution in [0.15, 0.2) is 17.7 Å². The maximum Gasteiger partial charge on any atom is 0.168 e. The fourth-order valence-corrected chi connectivity index (χ4v) is 0.402. The number of nitrogens with zero attached hydrogens (tertiary/aromatic N) is 3. The number of aromatic nitrogens is 2. The molecule has 1 heterocycles. The number of rotatable bonds is 1. The largest absolute Gasteiger partial charge is 0.382 e. The standard InChI is InChI=1S/C4H4N4O/c5-4-3(8-9)1-6-2-7-4/h1-2H,(H2,5,6,7). The van der Waals surface area contributed by atoms with Gasteiger partial charge in [0.1, 0.15) is 6.33 Å². The number of anilines is 1. The van der Waals surface area contributed by atoms with Crippen molar-refractivity contribution >= 4 is 11.5 Å². The van der Waals surface area contributed by atoms with Crippen LogP contribution in [0.25, 0.3) is 0 Å². The van der Waals surface area contributed by atoms with Gasteiger partial charge in [0, 0.05) is 0 Å². The highest BCUT2D eigenvalue weighted by atomic mass is 16.3. The Morgan fingerprint density at radius 3 is 2.89 bits per heavy atom. The Kier molecular flexibility index (Phi) is 1.35. The van der Waals surface area contributed by atoms with Gasteiger partial charge < -0.3 is 5.73 Å². The van der Waals surface area contributed by atoms with Crippen LogP contribution in [0.2, 0.25) is 0 Å². The van der Waals surface area contributed by atoms with Crippen LogP contribution >= 0.6 is 0 Å². The van der Waals surface area contributed by atoms with E-state index in [1.165, 1.54) is 12.5 Å². The number of hydrogen-bond acceptors (Lipinski definition) is 5. The summed E-state index contributed by atoms with van der Waals surface area (Å²) in [6, 6.07) is 0. The molecule has 0 spiro atoms. The minimum Gasteiger partial charge on any atom is -0.382 e. The lowest BCUT2D eigenvalue weighted by molar-refractivity contribution is 1.16. The van der Waals surface area contributed by atoms with Crippen molar-refractivity contribution in [2.45, 2.75) is 0 Å². The van der Waals surface area contributed by atoms with Gasteiger partial charge >= 0.3 is 0 Å². The summed E-state index contributed by atoms with van der Waals surface area (Å²) in [4.78, 5) is 16.9. The van der Waals surface area contributed by atoms with Crippen LogP contribution in [0.5, 0.6) is 0 Å². The van der Waals surface area contributed by atoms with E-state index >= 15 is 0 Å². The summed E-state index contributed by atoms with van der Waals surface area (Å²) in [6.45, 7) is 0. The van der Waals surface area contributed by atoms with E-state index in [-0.39, 0.29) is 11.5 Å².